The van der Waals surface area contributed by atoms with Crippen LogP contribution in [0.15, 0.2) is 29.3 Å². The summed E-state index contributed by atoms with van der Waals surface area (Å²) >= 11 is 0. The van der Waals surface area contributed by atoms with E-state index in [9.17, 15) is 4.79 Å². The molecular formula is C17H28N4O. The number of amides is 1. The molecule has 1 aromatic rings. The first-order chi connectivity index (χ1) is 10.2. The zero-order valence-electron chi connectivity index (χ0n) is 14.2. The number of aliphatic imine (C=N–C) groups is 1. The second-order valence-corrected chi connectivity index (χ2v) is 6.68. The van der Waals surface area contributed by atoms with Crippen LogP contribution in [-0.2, 0) is 4.79 Å². The number of guanidine groups is 1. The Morgan fingerprint density at radius 1 is 1.32 bits per heavy atom. The van der Waals surface area contributed by atoms with Gasteiger partial charge in [0.2, 0.25) is 5.91 Å². The van der Waals surface area contributed by atoms with E-state index in [0.717, 1.165) is 5.69 Å². The Hall–Kier alpha value is -2.04. The fraction of sp³-hybridized carbons (Fsp3) is 0.529. The molecule has 0 unspecified atom stereocenters. The van der Waals surface area contributed by atoms with Gasteiger partial charge < -0.3 is 16.4 Å². The molecule has 0 aliphatic rings. The maximum atomic E-state index is 11.7. The van der Waals surface area contributed by atoms with Crippen molar-refractivity contribution in [3.8, 4) is 0 Å². The Morgan fingerprint density at radius 2 is 2.00 bits per heavy atom. The Balaban J connectivity index is 2.46. The van der Waals surface area contributed by atoms with Crippen LogP contribution in [0.5, 0.6) is 0 Å². The van der Waals surface area contributed by atoms with Crippen LogP contribution in [0.1, 0.15) is 46.1 Å². The van der Waals surface area contributed by atoms with E-state index in [0.29, 0.717) is 25.0 Å². The molecule has 0 atom stereocenters. The molecule has 0 saturated heterocycles. The highest BCUT2D eigenvalue weighted by atomic mass is 16.2. The van der Waals surface area contributed by atoms with E-state index in [2.05, 4.69) is 41.6 Å². The Labute approximate surface area is 133 Å². The number of carbonyl (C=O) groups excluding carboxylic acids is 1. The molecule has 4 N–H and O–H groups in total. The van der Waals surface area contributed by atoms with Gasteiger partial charge in [0.25, 0.3) is 0 Å². The average Bonchev–Trinajstić information content (AvgIpc) is 2.42. The summed E-state index contributed by atoms with van der Waals surface area (Å²) in [7, 11) is 0. The standard InChI is InChI=1S/C17H28N4O/c1-12(2)13-7-6-8-14(11-13)21-16(18)20-10-9-19-15(22)17(3,4)5/h6-8,11-12H,9-10H2,1-5H3,(H,19,22)(H3,18,20,21). The molecule has 0 aromatic heterocycles. The van der Waals surface area contributed by atoms with Crippen LogP contribution in [0.3, 0.4) is 0 Å². The summed E-state index contributed by atoms with van der Waals surface area (Å²) < 4.78 is 0. The molecule has 22 heavy (non-hydrogen) atoms. The lowest BCUT2D eigenvalue weighted by molar-refractivity contribution is -0.128. The van der Waals surface area contributed by atoms with Crippen molar-refractivity contribution in [3.05, 3.63) is 29.8 Å². The summed E-state index contributed by atoms with van der Waals surface area (Å²) in [5.74, 6) is 0.831. The predicted octanol–water partition coefficient (Wildman–Crippen LogP) is 2.70. The number of nitrogens with zero attached hydrogens (tertiary/aromatic N) is 1. The monoisotopic (exact) mass is 304 g/mol. The lowest BCUT2D eigenvalue weighted by atomic mass is 9.96. The van der Waals surface area contributed by atoms with E-state index >= 15 is 0 Å². The minimum atomic E-state index is -0.384. The SMILES string of the molecule is CC(C)c1cccc(NC(N)=NCCNC(=O)C(C)(C)C)c1. The van der Waals surface area contributed by atoms with Crippen molar-refractivity contribution >= 4 is 17.6 Å². The van der Waals surface area contributed by atoms with Gasteiger partial charge in [-0.2, -0.15) is 0 Å². The molecule has 0 heterocycles. The van der Waals surface area contributed by atoms with E-state index < -0.39 is 0 Å². The first-order valence-corrected chi connectivity index (χ1v) is 7.65. The molecule has 0 aliphatic heterocycles. The van der Waals surface area contributed by atoms with E-state index in [1.807, 2.05) is 32.9 Å². The van der Waals surface area contributed by atoms with Crippen LogP contribution in [0.25, 0.3) is 0 Å². The Kier molecular flexibility index (Phi) is 6.40. The van der Waals surface area contributed by atoms with Gasteiger partial charge in [-0.05, 0) is 23.6 Å². The van der Waals surface area contributed by atoms with E-state index in [1.54, 1.807) is 0 Å². The molecule has 0 aliphatic carbocycles. The van der Waals surface area contributed by atoms with Crippen LogP contribution in [-0.4, -0.2) is 25.0 Å². The predicted molar refractivity (Wildman–Crippen MR) is 93.1 cm³/mol. The molecule has 1 amide bonds. The number of rotatable bonds is 5. The summed E-state index contributed by atoms with van der Waals surface area (Å²) in [5.41, 5.74) is 7.64. The smallest absolute Gasteiger partial charge is 0.225 e. The molecule has 122 valence electrons. The van der Waals surface area contributed by atoms with E-state index in [4.69, 9.17) is 5.73 Å². The largest absolute Gasteiger partial charge is 0.370 e. The number of benzene rings is 1. The number of carbonyl (C=O) groups is 1. The molecular weight excluding hydrogens is 276 g/mol. The van der Waals surface area contributed by atoms with Crippen molar-refractivity contribution in [2.24, 2.45) is 16.1 Å². The molecule has 1 rings (SSSR count). The minimum absolute atomic E-state index is 0.0128. The van der Waals surface area contributed by atoms with Crippen molar-refractivity contribution < 1.29 is 4.79 Å². The minimum Gasteiger partial charge on any atom is -0.370 e. The van der Waals surface area contributed by atoms with E-state index in [-0.39, 0.29) is 11.3 Å². The van der Waals surface area contributed by atoms with Gasteiger partial charge in [-0.25, -0.2) is 0 Å². The zero-order valence-corrected chi connectivity index (χ0v) is 14.2. The van der Waals surface area contributed by atoms with Gasteiger partial charge in [0.1, 0.15) is 0 Å². The highest BCUT2D eigenvalue weighted by molar-refractivity contribution is 5.92. The Morgan fingerprint density at radius 3 is 2.59 bits per heavy atom. The molecule has 0 fully saturated rings. The number of anilines is 1. The number of nitrogens with one attached hydrogen (secondary N) is 2. The highest BCUT2D eigenvalue weighted by Crippen LogP contribution is 2.18. The summed E-state index contributed by atoms with van der Waals surface area (Å²) in [6, 6.07) is 8.10. The maximum Gasteiger partial charge on any atom is 0.225 e. The quantitative estimate of drug-likeness (QED) is 0.444. The molecule has 1 aromatic carbocycles. The summed E-state index contributed by atoms with van der Waals surface area (Å²) in [5, 5.41) is 5.91. The van der Waals surface area contributed by atoms with Gasteiger partial charge in [-0.1, -0.05) is 46.8 Å². The Bertz CT molecular complexity index is 530. The van der Waals surface area contributed by atoms with Crippen molar-refractivity contribution in [3.63, 3.8) is 0 Å². The van der Waals surface area contributed by atoms with Gasteiger partial charge in [0.05, 0.1) is 6.54 Å². The second kappa shape index (κ2) is 7.82. The lowest BCUT2D eigenvalue weighted by Gasteiger charge is -2.17. The first-order valence-electron chi connectivity index (χ1n) is 7.65. The molecule has 0 radical (unpaired) electrons. The third kappa shape index (κ3) is 6.16. The summed E-state index contributed by atoms with van der Waals surface area (Å²) in [6.07, 6.45) is 0. The van der Waals surface area contributed by atoms with Crippen LogP contribution in [0, 0.1) is 5.41 Å². The van der Waals surface area contributed by atoms with Crippen LogP contribution >= 0.6 is 0 Å². The third-order valence-electron chi connectivity index (χ3n) is 3.19. The number of hydrogen-bond donors (Lipinski definition) is 3. The number of nitrogens with two attached hydrogens (primary N) is 1. The van der Waals surface area contributed by atoms with Crippen molar-refractivity contribution in [2.45, 2.75) is 40.5 Å². The maximum absolute atomic E-state index is 11.7. The fourth-order valence-corrected chi connectivity index (χ4v) is 1.77. The third-order valence-corrected chi connectivity index (χ3v) is 3.19. The normalized spacial score (nSPS) is 12.4. The van der Waals surface area contributed by atoms with E-state index in [1.165, 1.54) is 5.56 Å². The molecule has 0 saturated carbocycles. The zero-order chi connectivity index (χ0) is 16.8. The molecule has 0 spiro atoms. The van der Waals surface area contributed by atoms with Crippen molar-refractivity contribution in [1.29, 1.82) is 0 Å². The van der Waals surface area contributed by atoms with Gasteiger partial charge in [0.15, 0.2) is 5.96 Å². The summed E-state index contributed by atoms with van der Waals surface area (Å²) in [4.78, 5) is 15.9. The van der Waals surface area contributed by atoms with Crippen molar-refractivity contribution in [2.75, 3.05) is 18.4 Å². The highest BCUT2D eigenvalue weighted by Gasteiger charge is 2.20. The molecule has 5 heteroatoms. The summed E-state index contributed by atoms with van der Waals surface area (Å²) in [6.45, 7) is 10.9. The van der Waals surface area contributed by atoms with Crippen LogP contribution in [0.4, 0.5) is 5.69 Å². The van der Waals surface area contributed by atoms with Crippen molar-refractivity contribution in [1.82, 2.24) is 5.32 Å². The molecule has 5 nitrogen and oxygen atoms in total. The number of hydrogen-bond acceptors (Lipinski definition) is 2. The average molecular weight is 304 g/mol. The van der Waals surface area contributed by atoms with Gasteiger partial charge in [-0.3, -0.25) is 9.79 Å². The second-order valence-electron chi connectivity index (χ2n) is 6.68. The van der Waals surface area contributed by atoms with Gasteiger partial charge >= 0.3 is 0 Å². The van der Waals surface area contributed by atoms with Gasteiger partial charge in [-0.15, -0.1) is 0 Å². The fourth-order valence-electron chi connectivity index (χ4n) is 1.77. The lowest BCUT2D eigenvalue weighted by Crippen LogP contribution is -2.36. The van der Waals surface area contributed by atoms with Crippen LogP contribution in [0.2, 0.25) is 0 Å². The first kappa shape index (κ1) is 18.0. The van der Waals surface area contributed by atoms with Gasteiger partial charge in [0, 0.05) is 17.6 Å². The molecule has 0 bridgehead atoms. The van der Waals surface area contributed by atoms with Crippen LogP contribution < -0.4 is 16.4 Å². The topological polar surface area (TPSA) is 79.5 Å².